The van der Waals surface area contributed by atoms with Gasteiger partial charge in [0.1, 0.15) is 17.5 Å². The molecule has 0 spiro atoms. The molecular formula is C10H12N2O5. The molecule has 1 amide bonds. The van der Waals surface area contributed by atoms with Crippen molar-refractivity contribution in [3.05, 3.63) is 23.8 Å². The monoisotopic (exact) mass is 240 g/mol. The number of carbonyl (C=O) groups is 2. The highest BCUT2D eigenvalue weighted by molar-refractivity contribution is 5.99. The second-order valence-electron chi connectivity index (χ2n) is 3.33. The molecule has 0 aliphatic rings. The van der Waals surface area contributed by atoms with E-state index in [1.54, 1.807) is 0 Å². The third-order valence-electron chi connectivity index (χ3n) is 2.04. The molecule has 0 aliphatic carbocycles. The second kappa shape index (κ2) is 5.17. The van der Waals surface area contributed by atoms with Crippen LogP contribution in [0, 0.1) is 0 Å². The SMILES string of the molecule is CC(NC(=O)c1ccc(O)cc1O)C(=O)ON. The van der Waals surface area contributed by atoms with E-state index in [2.05, 4.69) is 16.1 Å². The molecule has 0 saturated heterocycles. The molecule has 0 aliphatic heterocycles. The predicted octanol–water partition coefficient (Wildman–Crippen LogP) is -0.367. The fraction of sp³-hybridized carbons (Fsp3) is 0.200. The number of carbonyl (C=O) groups excluding carboxylic acids is 2. The van der Waals surface area contributed by atoms with Crippen molar-refractivity contribution in [2.45, 2.75) is 13.0 Å². The molecule has 0 radical (unpaired) electrons. The summed E-state index contributed by atoms with van der Waals surface area (Å²) in [5.74, 6) is 2.60. The van der Waals surface area contributed by atoms with Crippen LogP contribution in [0.4, 0.5) is 0 Å². The zero-order valence-corrected chi connectivity index (χ0v) is 9.01. The molecule has 7 nitrogen and oxygen atoms in total. The minimum absolute atomic E-state index is 0.0699. The maximum absolute atomic E-state index is 11.6. The van der Waals surface area contributed by atoms with Crippen molar-refractivity contribution in [1.29, 1.82) is 0 Å². The molecule has 0 bridgehead atoms. The van der Waals surface area contributed by atoms with Crippen molar-refractivity contribution >= 4 is 11.9 Å². The Kier molecular flexibility index (Phi) is 3.89. The second-order valence-corrected chi connectivity index (χ2v) is 3.33. The van der Waals surface area contributed by atoms with Crippen LogP contribution in [0.25, 0.3) is 0 Å². The molecule has 1 unspecified atom stereocenters. The van der Waals surface area contributed by atoms with Crippen LogP contribution in [-0.4, -0.2) is 28.1 Å². The van der Waals surface area contributed by atoms with E-state index in [1.165, 1.54) is 19.1 Å². The van der Waals surface area contributed by atoms with Crippen LogP contribution >= 0.6 is 0 Å². The number of hydrogen-bond acceptors (Lipinski definition) is 6. The minimum Gasteiger partial charge on any atom is -0.508 e. The third-order valence-corrected chi connectivity index (χ3v) is 2.04. The van der Waals surface area contributed by atoms with Gasteiger partial charge in [0, 0.05) is 6.07 Å². The molecule has 0 saturated carbocycles. The van der Waals surface area contributed by atoms with E-state index >= 15 is 0 Å². The van der Waals surface area contributed by atoms with Crippen molar-refractivity contribution in [2.24, 2.45) is 5.90 Å². The number of nitrogens with one attached hydrogen (secondary N) is 1. The molecule has 1 atom stereocenters. The molecular weight excluding hydrogens is 228 g/mol. The summed E-state index contributed by atoms with van der Waals surface area (Å²) < 4.78 is 0. The minimum atomic E-state index is -0.944. The van der Waals surface area contributed by atoms with Crippen molar-refractivity contribution in [1.82, 2.24) is 5.32 Å². The smallest absolute Gasteiger partial charge is 0.346 e. The van der Waals surface area contributed by atoms with Gasteiger partial charge in [0.2, 0.25) is 0 Å². The number of rotatable bonds is 3. The van der Waals surface area contributed by atoms with E-state index in [9.17, 15) is 14.7 Å². The van der Waals surface area contributed by atoms with Crippen LogP contribution in [0.15, 0.2) is 18.2 Å². The van der Waals surface area contributed by atoms with Crippen LogP contribution in [-0.2, 0) is 9.63 Å². The predicted molar refractivity (Wildman–Crippen MR) is 57.0 cm³/mol. The fourth-order valence-electron chi connectivity index (χ4n) is 1.15. The Balaban J connectivity index is 2.80. The molecule has 0 aromatic heterocycles. The van der Waals surface area contributed by atoms with Gasteiger partial charge in [-0.2, -0.15) is 5.90 Å². The first-order valence-corrected chi connectivity index (χ1v) is 4.69. The lowest BCUT2D eigenvalue weighted by Gasteiger charge is -2.11. The van der Waals surface area contributed by atoms with Crippen molar-refractivity contribution in [3.8, 4) is 11.5 Å². The topological polar surface area (TPSA) is 122 Å². The number of phenols is 2. The van der Waals surface area contributed by atoms with Gasteiger partial charge in [0.15, 0.2) is 0 Å². The van der Waals surface area contributed by atoms with Gasteiger partial charge in [0.05, 0.1) is 5.56 Å². The lowest BCUT2D eigenvalue weighted by molar-refractivity contribution is -0.146. The highest BCUT2D eigenvalue weighted by atomic mass is 16.7. The Morgan fingerprint density at radius 3 is 2.59 bits per heavy atom. The van der Waals surface area contributed by atoms with Gasteiger partial charge in [-0.25, -0.2) is 4.79 Å². The summed E-state index contributed by atoms with van der Waals surface area (Å²) in [4.78, 5) is 26.5. The Labute approximate surface area is 96.8 Å². The molecule has 0 fully saturated rings. The first-order chi connectivity index (χ1) is 7.95. The summed E-state index contributed by atoms with van der Waals surface area (Å²) in [6.07, 6.45) is 0. The van der Waals surface area contributed by atoms with E-state index < -0.39 is 23.7 Å². The number of hydrogen-bond donors (Lipinski definition) is 4. The molecule has 5 N–H and O–H groups in total. The standard InChI is InChI=1S/C10H12N2O5/c1-5(10(16)17-11)12-9(15)7-3-2-6(13)4-8(7)14/h2-5,13-14H,11H2,1H3,(H,12,15). The van der Waals surface area contributed by atoms with Crippen molar-refractivity contribution in [3.63, 3.8) is 0 Å². The Morgan fingerprint density at radius 2 is 2.06 bits per heavy atom. The van der Waals surface area contributed by atoms with E-state index in [0.717, 1.165) is 6.07 Å². The maximum Gasteiger partial charge on any atom is 0.346 e. The van der Waals surface area contributed by atoms with Gasteiger partial charge in [-0.3, -0.25) is 4.79 Å². The average Bonchev–Trinajstić information content (AvgIpc) is 2.27. The van der Waals surface area contributed by atoms with Gasteiger partial charge < -0.3 is 20.4 Å². The zero-order chi connectivity index (χ0) is 13.0. The molecule has 7 heteroatoms. The molecule has 1 aromatic carbocycles. The number of amides is 1. The molecule has 0 heterocycles. The number of benzene rings is 1. The molecule has 1 aromatic rings. The van der Waals surface area contributed by atoms with Crippen LogP contribution in [0.1, 0.15) is 17.3 Å². The Morgan fingerprint density at radius 1 is 1.41 bits per heavy atom. The van der Waals surface area contributed by atoms with E-state index in [1.807, 2.05) is 0 Å². The lowest BCUT2D eigenvalue weighted by atomic mass is 10.1. The highest BCUT2D eigenvalue weighted by Gasteiger charge is 2.19. The largest absolute Gasteiger partial charge is 0.508 e. The molecule has 92 valence electrons. The third kappa shape index (κ3) is 3.08. The zero-order valence-electron chi connectivity index (χ0n) is 9.01. The van der Waals surface area contributed by atoms with Crippen LogP contribution < -0.4 is 11.2 Å². The summed E-state index contributed by atoms with van der Waals surface area (Å²) >= 11 is 0. The maximum atomic E-state index is 11.6. The fourth-order valence-corrected chi connectivity index (χ4v) is 1.15. The van der Waals surface area contributed by atoms with Gasteiger partial charge in [-0.05, 0) is 19.1 Å². The Hall–Kier alpha value is -2.28. The van der Waals surface area contributed by atoms with Gasteiger partial charge >= 0.3 is 5.97 Å². The summed E-state index contributed by atoms with van der Waals surface area (Å²) in [6.45, 7) is 1.38. The van der Waals surface area contributed by atoms with E-state index in [4.69, 9.17) is 5.11 Å². The number of nitrogens with two attached hydrogens (primary N) is 1. The van der Waals surface area contributed by atoms with E-state index in [-0.39, 0.29) is 11.3 Å². The summed E-state index contributed by atoms with van der Waals surface area (Å²) in [6, 6.07) is 2.53. The molecule has 17 heavy (non-hydrogen) atoms. The lowest BCUT2D eigenvalue weighted by Crippen LogP contribution is -2.40. The van der Waals surface area contributed by atoms with Crippen molar-refractivity contribution in [2.75, 3.05) is 0 Å². The first kappa shape index (κ1) is 12.8. The first-order valence-electron chi connectivity index (χ1n) is 4.69. The van der Waals surface area contributed by atoms with Gasteiger partial charge in [0.25, 0.3) is 5.91 Å². The van der Waals surface area contributed by atoms with Crippen molar-refractivity contribution < 1.29 is 24.6 Å². The van der Waals surface area contributed by atoms with Crippen LogP contribution in [0.3, 0.4) is 0 Å². The summed E-state index contributed by atoms with van der Waals surface area (Å²) in [7, 11) is 0. The average molecular weight is 240 g/mol. The quantitative estimate of drug-likeness (QED) is 0.535. The Bertz CT molecular complexity index is 446. The van der Waals surface area contributed by atoms with Crippen LogP contribution in [0.5, 0.6) is 11.5 Å². The highest BCUT2D eigenvalue weighted by Crippen LogP contribution is 2.22. The number of aromatic hydroxyl groups is 2. The van der Waals surface area contributed by atoms with Gasteiger partial charge in [-0.1, -0.05) is 0 Å². The van der Waals surface area contributed by atoms with Gasteiger partial charge in [-0.15, -0.1) is 0 Å². The van der Waals surface area contributed by atoms with E-state index in [0.29, 0.717) is 0 Å². The number of phenolic OH excluding ortho intramolecular Hbond substituents is 2. The molecule has 1 rings (SSSR count). The summed E-state index contributed by atoms with van der Waals surface area (Å²) in [5.41, 5.74) is -0.0699. The normalized spacial score (nSPS) is 11.6. The van der Waals surface area contributed by atoms with Crippen LogP contribution in [0.2, 0.25) is 0 Å². The summed E-state index contributed by atoms with van der Waals surface area (Å²) in [5, 5.41) is 20.7.